The van der Waals surface area contributed by atoms with Gasteiger partial charge < -0.3 is 24.0 Å². The minimum absolute atomic E-state index is 0.0578. The topological polar surface area (TPSA) is 102 Å². The molecule has 0 aromatic heterocycles. The molecule has 4 rings (SSSR count). The monoisotopic (exact) mass is 572 g/mol. The van der Waals surface area contributed by atoms with Gasteiger partial charge in [-0.25, -0.2) is 13.2 Å². The molecule has 2 heterocycles. The van der Waals surface area contributed by atoms with Crippen molar-refractivity contribution in [2.45, 2.75) is 55.8 Å². The largest absolute Gasteiger partial charge is 0.497 e. The fraction of sp³-hybridized carbons (Fsp3) is 0.533. The van der Waals surface area contributed by atoms with E-state index in [4.69, 9.17) is 14.2 Å². The van der Waals surface area contributed by atoms with E-state index in [9.17, 15) is 18.0 Å². The smallest absolute Gasteiger partial charge is 0.410 e. The van der Waals surface area contributed by atoms with Crippen LogP contribution < -0.4 is 4.74 Å². The number of benzene rings is 2. The number of hydrogen-bond acceptors (Lipinski definition) is 7. The lowest BCUT2D eigenvalue weighted by Crippen LogP contribution is -2.47. The molecule has 9 nitrogen and oxygen atoms in total. The average molecular weight is 573 g/mol. The summed E-state index contributed by atoms with van der Waals surface area (Å²) >= 11 is 0. The van der Waals surface area contributed by atoms with Crippen LogP contribution >= 0.6 is 0 Å². The predicted molar refractivity (Wildman–Crippen MR) is 151 cm³/mol. The van der Waals surface area contributed by atoms with Gasteiger partial charge in [-0.2, -0.15) is 0 Å². The second-order valence-electron chi connectivity index (χ2n) is 11.4. The number of ether oxygens (including phenoxy) is 3. The van der Waals surface area contributed by atoms with Crippen molar-refractivity contribution in [2.75, 3.05) is 46.5 Å². The van der Waals surface area contributed by atoms with Crippen molar-refractivity contribution >= 4 is 21.8 Å². The van der Waals surface area contributed by atoms with E-state index in [-0.39, 0.29) is 23.1 Å². The van der Waals surface area contributed by atoms with Gasteiger partial charge in [-0.3, -0.25) is 4.79 Å². The van der Waals surface area contributed by atoms with E-state index in [2.05, 4.69) is 0 Å². The Morgan fingerprint density at radius 1 is 0.975 bits per heavy atom. The molecule has 218 valence electrons. The van der Waals surface area contributed by atoms with Crippen molar-refractivity contribution < 1.29 is 32.2 Å². The lowest BCUT2D eigenvalue weighted by Gasteiger charge is -2.37. The van der Waals surface area contributed by atoms with Crippen LogP contribution in [-0.2, 0) is 25.7 Å². The van der Waals surface area contributed by atoms with Crippen LogP contribution in [0.15, 0.2) is 53.4 Å². The SMILES string of the molecule is COc1ccc(S(=O)(=O)C(Cc2ccc(C(=O)N3CCOCC3)cc2)C2CCCN(C(=O)OC(C)(C)C)C2)cc1. The number of hydrogen-bond donors (Lipinski definition) is 0. The number of carbonyl (C=O) groups excluding carboxylic acids is 2. The molecule has 2 unspecified atom stereocenters. The molecule has 2 saturated heterocycles. The quantitative estimate of drug-likeness (QED) is 0.490. The Balaban J connectivity index is 1.59. The Morgan fingerprint density at radius 3 is 2.23 bits per heavy atom. The highest BCUT2D eigenvalue weighted by molar-refractivity contribution is 7.92. The molecule has 2 aromatic rings. The van der Waals surface area contributed by atoms with Gasteiger partial charge in [-0.1, -0.05) is 12.1 Å². The van der Waals surface area contributed by atoms with Gasteiger partial charge in [0.05, 0.1) is 30.5 Å². The molecule has 2 aliphatic heterocycles. The van der Waals surface area contributed by atoms with Crippen LogP contribution in [0.4, 0.5) is 4.79 Å². The predicted octanol–water partition coefficient (Wildman–Crippen LogP) is 4.20. The molecule has 40 heavy (non-hydrogen) atoms. The lowest BCUT2D eigenvalue weighted by atomic mass is 9.91. The van der Waals surface area contributed by atoms with Crippen molar-refractivity contribution in [1.29, 1.82) is 0 Å². The Kier molecular flexibility index (Phi) is 9.41. The zero-order chi connectivity index (χ0) is 28.9. The molecular weight excluding hydrogens is 532 g/mol. The summed E-state index contributed by atoms with van der Waals surface area (Å²) in [6.07, 6.45) is 1.19. The van der Waals surface area contributed by atoms with E-state index in [0.29, 0.717) is 63.5 Å². The van der Waals surface area contributed by atoms with Gasteiger partial charge in [0.1, 0.15) is 11.4 Å². The molecule has 2 fully saturated rings. The number of sulfone groups is 1. The number of rotatable bonds is 7. The van der Waals surface area contributed by atoms with Crippen molar-refractivity contribution in [1.82, 2.24) is 9.80 Å². The highest BCUT2D eigenvalue weighted by Crippen LogP contribution is 2.32. The highest BCUT2D eigenvalue weighted by atomic mass is 32.2. The van der Waals surface area contributed by atoms with Crippen LogP contribution in [0.5, 0.6) is 5.75 Å². The summed E-state index contributed by atoms with van der Waals surface area (Å²) in [6, 6.07) is 13.6. The average Bonchev–Trinajstić information content (AvgIpc) is 2.95. The zero-order valence-corrected chi connectivity index (χ0v) is 24.6. The van der Waals surface area contributed by atoms with E-state index >= 15 is 0 Å². The van der Waals surface area contributed by atoms with Gasteiger partial charge in [0.2, 0.25) is 0 Å². The first-order chi connectivity index (χ1) is 19.0. The molecule has 0 saturated carbocycles. The maximum atomic E-state index is 14.1. The van der Waals surface area contributed by atoms with E-state index in [0.717, 1.165) is 5.56 Å². The summed E-state index contributed by atoms with van der Waals surface area (Å²) in [5.74, 6) is 0.227. The maximum absolute atomic E-state index is 14.1. The van der Waals surface area contributed by atoms with E-state index < -0.39 is 26.8 Å². The Bertz CT molecular complexity index is 1260. The number of piperidine rings is 1. The van der Waals surface area contributed by atoms with Gasteiger partial charge in [0.25, 0.3) is 5.91 Å². The summed E-state index contributed by atoms with van der Waals surface area (Å²) < 4.78 is 44.3. The summed E-state index contributed by atoms with van der Waals surface area (Å²) in [6.45, 7) is 8.43. The second-order valence-corrected chi connectivity index (χ2v) is 13.6. The van der Waals surface area contributed by atoms with Crippen LogP contribution in [-0.4, -0.2) is 87.6 Å². The van der Waals surface area contributed by atoms with Gasteiger partial charge in [0.15, 0.2) is 9.84 Å². The van der Waals surface area contributed by atoms with Crippen LogP contribution in [0.1, 0.15) is 49.5 Å². The molecule has 2 amide bonds. The molecule has 0 bridgehead atoms. The number of carbonyl (C=O) groups is 2. The summed E-state index contributed by atoms with van der Waals surface area (Å²) in [5, 5.41) is -0.771. The van der Waals surface area contributed by atoms with Crippen LogP contribution in [0.3, 0.4) is 0 Å². The van der Waals surface area contributed by atoms with Gasteiger partial charge in [-0.05, 0) is 87.9 Å². The molecule has 2 aromatic carbocycles. The number of amides is 2. The Morgan fingerprint density at radius 2 is 1.62 bits per heavy atom. The molecule has 10 heteroatoms. The van der Waals surface area contributed by atoms with Gasteiger partial charge in [0, 0.05) is 31.7 Å². The molecule has 0 radical (unpaired) electrons. The first-order valence-electron chi connectivity index (χ1n) is 13.8. The summed E-state index contributed by atoms with van der Waals surface area (Å²) in [4.78, 5) is 29.4. The third kappa shape index (κ3) is 7.34. The van der Waals surface area contributed by atoms with Crippen molar-refractivity contribution in [2.24, 2.45) is 5.92 Å². The van der Waals surface area contributed by atoms with Crippen LogP contribution in [0.2, 0.25) is 0 Å². The highest BCUT2D eigenvalue weighted by Gasteiger charge is 2.39. The van der Waals surface area contributed by atoms with E-state index in [1.54, 1.807) is 46.2 Å². The fourth-order valence-corrected chi connectivity index (χ4v) is 7.25. The molecule has 0 aliphatic carbocycles. The second kappa shape index (κ2) is 12.6. The van der Waals surface area contributed by atoms with E-state index in [1.807, 2.05) is 32.9 Å². The number of nitrogens with zero attached hydrogens (tertiary/aromatic N) is 2. The third-order valence-corrected chi connectivity index (χ3v) is 9.64. The molecule has 2 aliphatic rings. The maximum Gasteiger partial charge on any atom is 0.410 e. The molecule has 0 N–H and O–H groups in total. The minimum Gasteiger partial charge on any atom is -0.497 e. The van der Waals surface area contributed by atoms with Crippen LogP contribution in [0, 0.1) is 5.92 Å². The zero-order valence-electron chi connectivity index (χ0n) is 23.8. The Hall–Kier alpha value is -3.11. The standard InChI is InChI=1S/C30H40N2O7S/c1-30(2,3)39-29(34)32-15-5-6-24(21-32)27(40(35,36)26-13-11-25(37-4)12-14-26)20-22-7-9-23(10-8-22)28(33)31-16-18-38-19-17-31/h7-14,24,27H,5-6,15-21H2,1-4H3. The van der Waals surface area contributed by atoms with Crippen molar-refractivity contribution in [3.8, 4) is 5.75 Å². The van der Waals surface area contributed by atoms with Gasteiger partial charge >= 0.3 is 6.09 Å². The molecule has 2 atom stereocenters. The fourth-order valence-electron chi connectivity index (χ4n) is 5.24. The summed E-state index contributed by atoms with van der Waals surface area (Å²) in [5.41, 5.74) is 0.739. The van der Waals surface area contributed by atoms with Crippen LogP contribution in [0.25, 0.3) is 0 Å². The Labute approximate surface area is 237 Å². The van der Waals surface area contributed by atoms with Gasteiger partial charge in [-0.15, -0.1) is 0 Å². The number of methoxy groups -OCH3 is 1. The normalized spacial score (nSPS) is 19.1. The van der Waals surface area contributed by atoms with E-state index in [1.165, 1.54) is 7.11 Å². The number of morpholine rings is 1. The first kappa shape index (κ1) is 29.9. The third-order valence-electron chi connectivity index (χ3n) is 7.36. The lowest BCUT2D eigenvalue weighted by molar-refractivity contribution is 0.0163. The van der Waals surface area contributed by atoms with Crippen molar-refractivity contribution in [3.05, 3.63) is 59.7 Å². The number of likely N-dealkylation sites (tertiary alicyclic amines) is 1. The molecule has 0 spiro atoms. The summed E-state index contributed by atoms with van der Waals surface area (Å²) in [7, 11) is -2.24. The first-order valence-corrected chi connectivity index (χ1v) is 15.3. The molecular formula is C30H40N2O7S. The van der Waals surface area contributed by atoms with Crippen molar-refractivity contribution in [3.63, 3.8) is 0 Å². The minimum atomic E-state index is -3.78.